The third kappa shape index (κ3) is 3.09. The summed E-state index contributed by atoms with van der Waals surface area (Å²) in [7, 11) is 0. The molecule has 2 heterocycles. The van der Waals surface area contributed by atoms with E-state index in [0.29, 0.717) is 17.9 Å². The van der Waals surface area contributed by atoms with Gasteiger partial charge in [-0.15, -0.1) is 5.10 Å². The van der Waals surface area contributed by atoms with Gasteiger partial charge in [-0.3, -0.25) is 9.69 Å². The molecular formula is C16H19FN6O2. The van der Waals surface area contributed by atoms with Crippen molar-refractivity contribution >= 4 is 11.9 Å². The number of unbranched alkanes of at least 4 members (excludes halogenated alkanes) is 1. The number of aromatic nitrogens is 4. The van der Waals surface area contributed by atoms with Gasteiger partial charge in [0, 0.05) is 6.54 Å². The molecule has 1 N–H and O–H groups in total. The molecular weight excluding hydrogens is 327 g/mol. The van der Waals surface area contributed by atoms with E-state index in [4.69, 9.17) is 0 Å². The molecule has 1 saturated heterocycles. The van der Waals surface area contributed by atoms with Crippen molar-refractivity contribution in [2.45, 2.75) is 45.3 Å². The van der Waals surface area contributed by atoms with Gasteiger partial charge in [0.25, 0.3) is 5.91 Å². The highest BCUT2D eigenvalue weighted by Crippen LogP contribution is 2.29. The topological polar surface area (TPSA) is 93.0 Å². The number of benzene rings is 1. The molecule has 0 aliphatic carbocycles. The Balaban J connectivity index is 1.82. The first kappa shape index (κ1) is 17.0. The lowest BCUT2D eigenvalue weighted by Gasteiger charge is -2.22. The molecule has 1 aliphatic heterocycles. The zero-order valence-electron chi connectivity index (χ0n) is 14.1. The Hall–Kier alpha value is -2.84. The van der Waals surface area contributed by atoms with Gasteiger partial charge in [0.15, 0.2) is 5.82 Å². The molecule has 3 rings (SSSR count). The molecule has 1 unspecified atom stereocenters. The number of carbonyl (C=O) groups is 2. The highest BCUT2D eigenvalue weighted by molar-refractivity contribution is 6.07. The number of amides is 3. The van der Waals surface area contributed by atoms with Crippen LogP contribution in [0.2, 0.25) is 0 Å². The van der Waals surface area contributed by atoms with Crippen LogP contribution in [0.5, 0.6) is 0 Å². The number of hydrogen-bond donors (Lipinski definition) is 1. The Morgan fingerprint density at radius 2 is 1.96 bits per heavy atom. The first-order chi connectivity index (χ1) is 12.0. The van der Waals surface area contributed by atoms with Gasteiger partial charge < -0.3 is 5.32 Å². The lowest BCUT2D eigenvalue weighted by atomic mass is 9.92. The second kappa shape index (κ2) is 6.58. The fourth-order valence-corrected chi connectivity index (χ4v) is 2.78. The molecule has 0 bridgehead atoms. The zero-order chi connectivity index (χ0) is 18.0. The van der Waals surface area contributed by atoms with Crippen molar-refractivity contribution in [3.63, 3.8) is 0 Å². The number of hydrogen-bond acceptors (Lipinski definition) is 5. The summed E-state index contributed by atoms with van der Waals surface area (Å²) in [4.78, 5) is 26.3. The Labute approximate surface area is 144 Å². The molecule has 1 aliphatic rings. The van der Waals surface area contributed by atoms with Crippen LogP contribution < -0.4 is 5.32 Å². The number of urea groups is 1. The number of rotatable bonds is 6. The fourth-order valence-electron chi connectivity index (χ4n) is 2.78. The molecule has 25 heavy (non-hydrogen) atoms. The minimum Gasteiger partial charge on any atom is -0.319 e. The normalized spacial score (nSPS) is 20.2. The molecule has 132 valence electrons. The van der Waals surface area contributed by atoms with E-state index in [2.05, 4.69) is 27.8 Å². The van der Waals surface area contributed by atoms with Crippen molar-refractivity contribution in [1.29, 1.82) is 0 Å². The van der Waals surface area contributed by atoms with Crippen molar-refractivity contribution in [3.05, 3.63) is 41.5 Å². The average Bonchev–Trinajstić information content (AvgIpc) is 3.12. The van der Waals surface area contributed by atoms with E-state index >= 15 is 0 Å². The first-order valence-corrected chi connectivity index (χ1v) is 8.11. The fraction of sp³-hybridized carbons (Fsp3) is 0.438. The maximum atomic E-state index is 13.1. The zero-order valence-corrected chi connectivity index (χ0v) is 14.1. The number of nitrogens with one attached hydrogen (secondary N) is 1. The molecule has 1 fully saturated rings. The summed E-state index contributed by atoms with van der Waals surface area (Å²) in [5.74, 6) is -0.384. The number of carbonyl (C=O) groups excluding carboxylic acids is 2. The van der Waals surface area contributed by atoms with Crippen LogP contribution in [0.4, 0.5) is 9.18 Å². The molecule has 1 atom stereocenters. The standard InChI is InChI=1S/C16H19FN6O2/c1-3-4-9-23-13(19-20-21-23)10-22-14(24)16(2,18-15(22)25)11-5-7-12(17)8-6-11/h5-8H,3-4,9-10H2,1-2H3,(H,18,25). The quantitative estimate of drug-likeness (QED) is 0.802. The summed E-state index contributed by atoms with van der Waals surface area (Å²) in [6.07, 6.45) is 1.87. The van der Waals surface area contributed by atoms with Crippen molar-refractivity contribution < 1.29 is 14.0 Å². The van der Waals surface area contributed by atoms with E-state index in [1.807, 2.05) is 0 Å². The Bertz CT molecular complexity index is 790. The first-order valence-electron chi connectivity index (χ1n) is 8.11. The molecule has 2 aromatic rings. The third-order valence-electron chi connectivity index (χ3n) is 4.33. The van der Waals surface area contributed by atoms with Crippen LogP contribution in [-0.4, -0.2) is 37.0 Å². The second-order valence-electron chi connectivity index (χ2n) is 6.13. The van der Waals surface area contributed by atoms with Crippen molar-refractivity contribution in [2.75, 3.05) is 0 Å². The maximum absolute atomic E-state index is 13.1. The Kier molecular flexibility index (Phi) is 4.47. The SMILES string of the molecule is CCCCn1nnnc1CN1C(=O)NC(C)(c2ccc(F)cc2)C1=O. The number of nitrogens with zero attached hydrogens (tertiary/aromatic N) is 5. The maximum Gasteiger partial charge on any atom is 0.325 e. The van der Waals surface area contributed by atoms with Crippen molar-refractivity contribution in [3.8, 4) is 0 Å². The van der Waals surface area contributed by atoms with Gasteiger partial charge in [0.1, 0.15) is 11.4 Å². The van der Waals surface area contributed by atoms with Gasteiger partial charge in [0.2, 0.25) is 0 Å². The van der Waals surface area contributed by atoms with Crippen LogP contribution in [0.1, 0.15) is 38.1 Å². The van der Waals surface area contributed by atoms with E-state index in [9.17, 15) is 14.0 Å². The van der Waals surface area contributed by atoms with E-state index in [1.54, 1.807) is 11.6 Å². The molecule has 0 saturated carbocycles. The van der Waals surface area contributed by atoms with Crippen LogP contribution in [0, 0.1) is 5.82 Å². The van der Waals surface area contributed by atoms with Crippen LogP contribution in [0.25, 0.3) is 0 Å². The van der Waals surface area contributed by atoms with Gasteiger partial charge in [-0.1, -0.05) is 25.5 Å². The van der Waals surface area contributed by atoms with E-state index in [0.717, 1.165) is 17.7 Å². The van der Waals surface area contributed by atoms with Gasteiger partial charge in [-0.2, -0.15) is 0 Å². The minimum atomic E-state index is -1.24. The summed E-state index contributed by atoms with van der Waals surface area (Å²) >= 11 is 0. The monoisotopic (exact) mass is 346 g/mol. The average molecular weight is 346 g/mol. The summed E-state index contributed by atoms with van der Waals surface area (Å²) < 4.78 is 14.7. The lowest BCUT2D eigenvalue weighted by Crippen LogP contribution is -2.40. The van der Waals surface area contributed by atoms with Crippen LogP contribution in [0.15, 0.2) is 24.3 Å². The molecule has 3 amide bonds. The van der Waals surface area contributed by atoms with E-state index in [1.165, 1.54) is 24.3 Å². The highest BCUT2D eigenvalue weighted by atomic mass is 19.1. The predicted molar refractivity (Wildman–Crippen MR) is 85.6 cm³/mol. The van der Waals surface area contributed by atoms with Gasteiger partial charge in [-0.05, 0) is 41.5 Å². The van der Waals surface area contributed by atoms with Gasteiger partial charge in [-0.25, -0.2) is 13.9 Å². The molecule has 0 radical (unpaired) electrons. The Morgan fingerprint density at radius 1 is 1.24 bits per heavy atom. The van der Waals surface area contributed by atoms with E-state index < -0.39 is 23.3 Å². The second-order valence-corrected chi connectivity index (χ2v) is 6.13. The molecule has 8 nitrogen and oxygen atoms in total. The van der Waals surface area contributed by atoms with Crippen molar-refractivity contribution in [1.82, 2.24) is 30.4 Å². The minimum absolute atomic E-state index is 0.0157. The third-order valence-corrected chi connectivity index (χ3v) is 4.33. The number of aryl methyl sites for hydroxylation is 1. The molecule has 0 spiro atoms. The number of halogens is 1. The van der Waals surface area contributed by atoms with Gasteiger partial charge in [0.05, 0.1) is 6.54 Å². The largest absolute Gasteiger partial charge is 0.325 e. The van der Waals surface area contributed by atoms with Crippen LogP contribution >= 0.6 is 0 Å². The van der Waals surface area contributed by atoms with Crippen molar-refractivity contribution in [2.24, 2.45) is 0 Å². The summed E-state index contributed by atoms with van der Waals surface area (Å²) in [5, 5.41) is 14.1. The predicted octanol–water partition coefficient (Wildman–Crippen LogP) is 1.58. The van der Waals surface area contributed by atoms with E-state index in [-0.39, 0.29) is 6.54 Å². The van der Waals surface area contributed by atoms with Crippen LogP contribution in [-0.2, 0) is 23.4 Å². The van der Waals surface area contributed by atoms with Crippen LogP contribution in [0.3, 0.4) is 0 Å². The summed E-state index contributed by atoms with van der Waals surface area (Å²) in [6.45, 7) is 4.26. The lowest BCUT2D eigenvalue weighted by molar-refractivity contribution is -0.131. The molecule has 1 aromatic heterocycles. The highest BCUT2D eigenvalue weighted by Gasteiger charge is 2.49. The Morgan fingerprint density at radius 3 is 2.64 bits per heavy atom. The number of tetrazole rings is 1. The molecule has 9 heteroatoms. The smallest absolute Gasteiger partial charge is 0.319 e. The van der Waals surface area contributed by atoms with Gasteiger partial charge >= 0.3 is 6.03 Å². The summed E-state index contributed by atoms with van der Waals surface area (Å²) in [5.41, 5.74) is -0.729. The number of imide groups is 1. The summed E-state index contributed by atoms with van der Waals surface area (Å²) in [6, 6.07) is 4.97. The molecule has 1 aromatic carbocycles.